The molecule has 2 aromatic carbocycles. The zero-order valence-electron chi connectivity index (χ0n) is 17.3. The minimum Gasteiger partial charge on any atom is -0.390 e. The van der Waals surface area contributed by atoms with E-state index in [-0.39, 0.29) is 30.7 Å². The fraction of sp³-hybridized carbons (Fsp3) is 0.227. The van der Waals surface area contributed by atoms with Gasteiger partial charge in [0.05, 0.1) is 24.3 Å². The van der Waals surface area contributed by atoms with E-state index in [9.17, 15) is 14.7 Å². The number of nitrogens with zero attached hydrogens (tertiary/aromatic N) is 2. The van der Waals surface area contributed by atoms with Crippen molar-refractivity contribution in [1.29, 1.82) is 0 Å². The number of carbonyl (C=O) groups is 2. The number of anilines is 1. The highest BCUT2D eigenvalue weighted by atomic mass is 35.5. The SMILES string of the molecule is Cc1ccc(NC(=O)CSc2ncc(CO)n2CC(=O)NCc2ccc(Cl)cc2)cc1Cl. The first-order chi connectivity index (χ1) is 15.4. The van der Waals surface area contributed by atoms with Gasteiger partial charge in [-0.25, -0.2) is 4.98 Å². The molecule has 0 fully saturated rings. The molecule has 0 atom stereocenters. The van der Waals surface area contributed by atoms with Gasteiger partial charge < -0.3 is 20.3 Å². The van der Waals surface area contributed by atoms with E-state index in [1.807, 2.05) is 25.1 Å². The summed E-state index contributed by atoms with van der Waals surface area (Å²) in [6.07, 6.45) is 1.49. The standard InChI is InChI=1S/C22H22Cl2N4O3S/c1-14-2-7-17(8-19(14)24)27-21(31)13-32-22-26-10-18(12-29)28(22)11-20(30)25-9-15-3-5-16(23)6-4-15/h2-8,10,29H,9,11-13H2,1H3,(H,25,30)(H,27,31). The zero-order valence-corrected chi connectivity index (χ0v) is 19.6. The van der Waals surface area contributed by atoms with Gasteiger partial charge in [-0.3, -0.25) is 9.59 Å². The Labute approximate surface area is 200 Å². The molecule has 3 aromatic rings. The number of aryl methyl sites for hydroxylation is 1. The number of halogens is 2. The zero-order chi connectivity index (χ0) is 23.1. The monoisotopic (exact) mass is 492 g/mol. The first-order valence-corrected chi connectivity index (χ1v) is 11.4. The number of benzene rings is 2. The summed E-state index contributed by atoms with van der Waals surface area (Å²) in [7, 11) is 0. The number of thioether (sulfide) groups is 1. The van der Waals surface area contributed by atoms with E-state index >= 15 is 0 Å². The molecule has 0 bridgehead atoms. The predicted octanol–water partition coefficient (Wildman–Crippen LogP) is 4.04. The van der Waals surface area contributed by atoms with Gasteiger partial charge in [-0.15, -0.1) is 0 Å². The van der Waals surface area contributed by atoms with E-state index in [1.54, 1.807) is 28.8 Å². The number of aliphatic hydroxyl groups excluding tert-OH is 1. The Morgan fingerprint density at radius 3 is 2.56 bits per heavy atom. The van der Waals surface area contributed by atoms with Gasteiger partial charge in [0.2, 0.25) is 11.8 Å². The van der Waals surface area contributed by atoms with Crippen molar-refractivity contribution in [2.75, 3.05) is 11.1 Å². The Kier molecular flexibility index (Phi) is 8.58. The van der Waals surface area contributed by atoms with Gasteiger partial charge in [0.25, 0.3) is 0 Å². The van der Waals surface area contributed by atoms with Crippen LogP contribution in [0.1, 0.15) is 16.8 Å². The van der Waals surface area contributed by atoms with E-state index in [4.69, 9.17) is 23.2 Å². The van der Waals surface area contributed by atoms with Crippen LogP contribution in [0.4, 0.5) is 5.69 Å². The van der Waals surface area contributed by atoms with Crippen LogP contribution in [0, 0.1) is 6.92 Å². The molecule has 0 spiro atoms. The molecule has 32 heavy (non-hydrogen) atoms. The van der Waals surface area contributed by atoms with E-state index < -0.39 is 0 Å². The van der Waals surface area contributed by atoms with Gasteiger partial charge in [-0.2, -0.15) is 0 Å². The molecule has 0 aliphatic carbocycles. The second kappa shape index (κ2) is 11.4. The maximum Gasteiger partial charge on any atom is 0.240 e. The molecule has 3 rings (SSSR count). The van der Waals surface area contributed by atoms with E-state index in [0.717, 1.165) is 11.1 Å². The highest BCUT2D eigenvalue weighted by molar-refractivity contribution is 7.99. The van der Waals surface area contributed by atoms with Crippen molar-refractivity contribution in [3.63, 3.8) is 0 Å². The summed E-state index contributed by atoms with van der Waals surface area (Å²) >= 11 is 13.1. The minimum atomic E-state index is -0.272. The fourth-order valence-electron chi connectivity index (χ4n) is 2.80. The van der Waals surface area contributed by atoms with Crippen LogP contribution < -0.4 is 10.6 Å². The first kappa shape index (κ1) is 24.1. The summed E-state index contributed by atoms with van der Waals surface area (Å²) in [6, 6.07) is 12.5. The number of amides is 2. The molecule has 1 heterocycles. The number of nitrogens with one attached hydrogen (secondary N) is 2. The number of imidazole rings is 1. The summed E-state index contributed by atoms with van der Waals surface area (Å²) in [5.74, 6) is -0.393. The summed E-state index contributed by atoms with van der Waals surface area (Å²) in [4.78, 5) is 29.0. The fourth-order valence-corrected chi connectivity index (χ4v) is 3.91. The predicted molar refractivity (Wildman–Crippen MR) is 127 cm³/mol. The highest BCUT2D eigenvalue weighted by Crippen LogP contribution is 2.22. The normalized spacial score (nSPS) is 10.8. The quantitative estimate of drug-likeness (QED) is 0.391. The van der Waals surface area contributed by atoms with Crippen LogP contribution in [0.5, 0.6) is 0 Å². The molecule has 10 heteroatoms. The molecule has 3 N–H and O–H groups in total. The Bertz CT molecular complexity index is 1100. The number of carbonyl (C=O) groups excluding carboxylic acids is 2. The van der Waals surface area contributed by atoms with Crippen LogP contribution in [0.15, 0.2) is 53.8 Å². The van der Waals surface area contributed by atoms with Crippen molar-refractivity contribution in [3.05, 3.63) is 75.5 Å². The van der Waals surface area contributed by atoms with Gasteiger partial charge in [-0.05, 0) is 42.3 Å². The van der Waals surface area contributed by atoms with Crippen LogP contribution in [0.2, 0.25) is 10.0 Å². The maximum atomic E-state index is 12.4. The van der Waals surface area contributed by atoms with Gasteiger partial charge in [0, 0.05) is 22.3 Å². The lowest BCUT2D eigenvalue weighted by Gasteiger charge is -2.11. The lowest BCUT2D eigenvalue weighted by molar-refractivity contribution is -0.122. The molecule has 0 aliphatic heterocycles. The second-order valence-electron chi connectivity index (χ2n) is 6.98. The average molecular weight is 493 g/mol. The first-order valence-electron chi connectivity index (χ1n) is 9.71. The van der Waals surface area contributed by atoms with Crippen molar-refractivity contribution in [1.82, 2.24) is 14.9 Å². The van der Waals surface area contributed by atoms with Gasteiger partial charge in [0.1, 0.15) is 6.54 Å². The summed E-state index contributed by atoms with van der Waals surface area (Å²) in [6.45, 7) is 1.93. The Morgan fingerprint density at radius 1 is 1.12 bits per heavy atom. The van der Waals surface area contributed by atoms with Crippen LogP contribution in [-0.4, -0.2) is 32.2 Å². The largest absolute Gasteiger partial charge is 0.390 e. The third-order valence-electron chi connectivity index (χ3n) is 4.56. The molecule has 2 amide bonds. The number of hydrogen-bond acceptors (Lipinski definition) is 5. The van der Waals surface area contributed by atoms with Crippen LogP contribution in [0.3, 0.4) is 0 Å². The van der Waals surface area contributed by atoms with Crippen molar-refractivity contribution in [3.8, 4) is 0 Å². The number of rotatable bonds is 9. The summed E-state index contributed by atoms with van der Waals surface area (Å²) in [5, 5.41) is 16.9. The molecule has 0 aliphatic rings. The Balaban J connectivity index is 1.57. The van der Waals surface area contributed by atoms with Crippen LogP contribution >= 0.6 is 35.0 Å². The maximum absolute atomic E-state index is 12.4. The number of hydrogen-bond donors (Lipinski definition) is 3. The molecule has 0 saturated heterocycles. The van der Waals surface area contributed by atoms with E-state index in [2.05, 4.69) is 15.6 Å². The molecular weight excluding hydrogens is 471 g/mol. The average Bonchev–Trinajstić information content (AvgIpc) is 3.16. The van der Waals surface area contributed by atoms with Crippen LogP contribution in [-0.2, 0) is 29.3 Å². The molecular formula is C22H22Cl2N4O3S. The van der Waals surface area contributed by atoms with Crippen LogP contribution in [0.25, 0.3) is 0 Å². The lowest BCUT2D eigenvalue weighted by Crippen LogP contribution is -2.28. The molecule has 0 saturated carbocycles. The van der Waals surface area contributed by atoms with Crippen molar-refractivity contribution >= 4 is 52.5 Å². The van der Waals surface area contributed by atoms with E-state index in [0.29, 0.717) is 33.1 Å². The second-order valence-corrected chi connectivity index (χ2v) is 8.77. The Hall–Kier alpha value is -2.52. The van der Waals surface area contributed by atoms with Gasteiger partial charge in [-0.1, -0.05) is 53.2 Å². The number of aromatic nitrogens is 2. The van der Waals surface area contributed by atoms with E-state index in [1.165, 1.54) is 18.0 Å². The topological polar surface area (TPSA) is 96.2 Å². The molecule has 1 aromatic heterocycles. The van der Waals surface area contributed by atoms with Gasteiger partial charge >= 0.3 is 0 Å². The Morgan fingerprint density at radius 2 is 1.88 bits per heavy atom. The minimum absolute atomic E-state index is 0.0268. The van der Waals surface area contributed by atoms with Crippen molar-refractivity contribution in [2.24, 2.45) is 0 Å². The third-order valence-corrected chi connectivity index (χ3v) is 6.21. The summed E-state index contributed by atoms with van der Waals surface area (Å²) in [5.41, 5.74) is 2.93. The highest BCUT2D eigenvalue weighted by Gasteiger charge is 2.15. The third kappa shape index (κ3) is 6.74. The molecule has 0 unspecified atom stereocenters. The van der Waals surface area contributed by atoms with Crippen molar-refractivity contribution < 1.29 is 14.7 Å². The molecule has 168 valence electrons. The van der Waals surface area contributed by atoms with Gasteiger partial charge in [0.15, 0.2) is 5.16 Å². The molecule has 7 nitrogen and oxygen atoms in total. The lowest BCUT2D eigenvalue weighted by atomic mass is 10.2. The molecule has 0 radical (unpaired) electrons. The van der Waals surface area contributed by atoms with Crippen molar-refractivity contribution in [2.45, 2.75) is 31.8 Å². The smallest absolute Gasteiger partial charge is 0.240 e. The number of aliphatic hydroxyl groups is 1. The summed E-state index contributed by atoms with van der Waals surface area (Å²) < 4.78 is 1.60.